The molecule has 0 saturated heterocycles. The molecule has 0 unspecified atom stereocenters. The lowest BCUT2D eigenvalue weighted by Gasteiger charge is -2.39. The second-order valence-corrected chi connectivity index (χ2v) is 47.5. The molecule has 0 N–H and O–H groups in total. The zero-order valence-corrected chi connectivity index (χ0v) is 94.2. The van der Waals surface area contributed by atoms with Gasteiger partial charge in [-0.1, -0.05) is 452 Å². The van der Waals surface area contributed by atoms with E-state index in [1.807, 2.05) is 0 Å². The van der Waals surface area contributed by atoms with Crippen LogP contribution in [-0.4, -0.2) is 24.8 Å². The lowest BCUT2D eigenvalue weighted by atomic mass is 9.66. The van der Waals surface area contributed by atoms with Crippen LogP contribution in [0.4, 0.5) is 22.7 Å². The molecule has 0 aliphatic rings. The number of hydrogen-bond acceptors (Lipinski definition) is 3. The van der Waals surface area contributed by atoms with Gasteiger partial charge in [0.25, 0.3) is 0 Å². The van der Waals surface area contributed by atoms with Crippen molar-refractivity contribution in [1.82, 2.24) is 0 Å². The number of anilines is 4. The molecular weight excluding hydrogens is 1570 g/mol. The van der Waals surface area contributed by atoms with Crippen LogP contribution < -0.4 is 9.80 Å². The lowest BCUT2D eigenvalue weighted by Crippen LogP contribution is -2.32. The van der Waals surface area contributed by atoms with E-state index in [4.69, 9.17) is 4.74 Å². The van der Waals surface area contributed by atoms with E-state index in [9.17, 15) is 0 Å². The summed E-state index contributed by atoms with van der Waals surface area (Å²) < 4.78 is 5.35. The van der Waals surface area contributed by atoms with Gasteiger partial charge in [0.2, 0.25) is 0 Å². The molecule has 130 heavy (non-hydrogen) atoms. The highest BCUT2D eigenvalue weighted by atomic mass is 16.5. The maximum Gasteiger partial charge on any atom is 0.0518 e. The Balaban J connectivity index is 0.000000758. The largest absolute Gasteiger partial charge is 0.379 e. The van der Waals surface area contributed by atoms with Gasteiger partial charge in [0.15, 0.2) is 0 Å². The van der Waals surface area contributed by atoms with Gasteiger partial charge in [0.1, 0.15) is 0 Å². The number of benzene rings is 8. The van der Waals surface area contributed by atoms with Crippen molar-refractivity contribution in [1.29, 1.82) is 0 Å². The first-order valence-corrected chi connectivity index (χ1v) is 51.9. The maximum absolute atomic E-state index is 5.35. The molecular formula is C127H208N2O. The molecule has 0 amide bonds. The summed E-state index contributed by atoms with van der Waals surface area (Å²) in [6.45, 7) is 111. The molecule has 8 aromatic rings. The second-order valence-electron chi connectivity index (χ2n) is 47.5. The van der Waals surface area contributed by atoms with Gasteiger partial charge in [0.05, 0.1) is 6.10 Å². The Kier molecular flexibility index (Phi) is 53.4. The van der Waals surface area contributed by atoms with Gasteiger partial charge in [-0.15, -0.1) is 0 Å². The van der Waals surface area contributed by atoms with E-state index in [0.29, 0.717) is 53.7 Å². The van der Waals surface area contributed by atoms with Crippen molar-refractivity contribution >= 4 is 22.7 Å². The third-order valence-corrected chi connectivity index (χ3v) is 28.8. The van der Waals surface area contributed by atoms with Crippen molar-refractivity contribution in [3.8, 4) is 0 Å². The van der Waals surface area contributed by atoms with E-state index < -0.39 is 0 Å². The van der Waals surface area contributed by atoms with Crippen LogP contribution in [-0.2, 0) is 62.9 Å². The summed E-state index contributed by atoms with van der Waals surface area (Å²) >= 11 is 0. The molecule has 8 aromatic carbocycles. The maximum atomic E-state index is 5.35. The Labute approximate surface area is 809 Å². The molecule has 0 bridgehead atoms. The van der Waals surface area contributed by atoms with Gasteiger partial charge in [-0.3, -0.25) is 0 Å². The molecule has 0 spiro atoms. The van der Waals surface area contributed by atoms with E-state index in [2.05, 4.69) is 524 Å². The fraction of sp³-hybridized carbons (Fsp3) is 0.622. The smallest absolute Gasteiger partial charge is 0.0518 e. The number of ether oxygens (including phenoxy) is 1. The molecule has 3 nitrogen and oxygen atoms in total. The fourth-order valence-corrected chi connectivity index (χ4v) is 16.5. The second kappa shape index (κ2) is 57.3. The van der Waals surface area contributed by atoms with Crippen molar-refractivity contribution in [3.05, 3.63) is 260 Å². The Morgan fingerprint density at radius 1 is 0.223 bits per heavy atom. The standard InChI is InChI=1S/2C23H33N.C18H30.2C16H26.C14H22.C9H20.C8H18O/c2*1-16(2)23(7,8)20-14-9-10-15-21(20)24(17(3)4)22-18(5)12-11-13-19(22)6;1-13(2)17(5,6)15-11-9-10-12-16(15)18(7,8)14(3)4;2*1-12(2)11-14-9-7-8-10-15(14)16(5,6)13(3)4;1-11(2)9-13-7-5-6-8-14(13)10-12(3)4;1-8(2)6-5-7-9(3)4;1-7(2)5-6-9-8(3)4/h2*9-17H,1-8H3;9-14H,1-8H3;2*7-10,12-13H,11H2,1-6H3;5-8,11-12H,9-10H2,1-4H3;8-9H,5-7H2,1-4H3;7-8H,5-6H2,1-4H3. The molecule has 0 aliphatic heterocycles. The lowest BCUT2D eigenvalue weighted by molar-refractivity contribution is 0.0710. The van der Waals surface area contributed by atoms with E-state index in [1.54, 1.807) is 0 Å². The normalized spacial score (nSPS) is 12.2. The third kappa shape index (κ3) is 39.3. The number of nitrogens with zero attached hydrogens (tertiary/aromatic N) is 2. The number of rotatable bonds is 34. The summed E-state index contributed by atoms with van der Waals surface area (Å²) in [5.74, 6) is 9.28. The quantitative estimate of drug-likeness (QED) is 0.0400. The van der Waals surface area contributed by atoms with Crippen LogP contribution >= 0.6 is 0 Å². The van der Waals surface area contributed by atoms with Crippen molar-refractivity contribution in [2.75, 3.05) is 16.4 Å². The van der Waals surface area contributed by atoms with Crippen LogP contribution in [0.25, 0.3) is 0 Å². The molecule has 732 valence electrons. The van der Waals surface area contributed by atoms with Crippen molar-refractivity contribution in [2.24, 2.45) is 76.9 Å². The zero-order chi connectivity index (χ0) is 100. The highest BCUT2D eigenvalue weighted by Crippen LogP contribution is 2.47. The van der Waals surface area contributed by atoms with Crippen LogP contribution in [0.15, 0.2) is 182 Å². The molecule has 3 heteroatoms. The third-order valence-electron chi connectivity index (χ3n) is 28.8. The minimum absolute atomic E-state index is 0.125. The average molecular weight is 1780 g/mol. The average Bonchev–Trinajstić information content (AvgIpc) is 0.713. The van der Waals surface area contributed by atoms with Gasteiger partial charge in [-0.2, -0.15) is 0 Å². The summed E-state index contributed by atoms with van der Waals surface area (Å²) in [5, 5.41) is 0. The predicted molar refractivity (Wildman–Crippen MR) is 590 cm³/mol. The fourth-order valence-electron chi connectivity index (χ4n) is 16.5. The Morgan fingerprint density at radius 3 is 0.662 bits per heavy atom. The van der Waals surface area contributed by atoms with Crippen molar-refractivity contribution in [2.45, 2.75) is 434 Å². The zero-order valence-electron chi connectivity index (χ0n) is 94.2. The van der Waals surface area contributed by atoms with Crippen molar-refractivity contribution < 1.29 is 4.74 Å². The first-order valence-electron chi connectivity index (χ1n) is 51.9. The van der Waals surface area contributed by atoms with Crippen LogP contribution in [0.5, 0.6) is 0 Å². The molecule has 0 heterocycles. The number of aryl methyl sites for hydroxylation is 4. The summed E-state index contributed by atoms with van der Waals surface area (Å²) in [5.41, 5.74) is 27.0. The molecule has 0 aromatic heterocycles. The van der Waals surface area contributed by atoms with Crippen LogP contribution in [0.3, 0.4) is 0 Å². The Hall–Kier alpha value is -6.68. The van der Waals surface area contributed by atoms with Gasteiger partial charge >= 0.3 is 0 Å². The van der Waals surface area contributed by atoms with E-state index >= 15 is 0 Å². The van der Waals surface area contributed by atoms with Gasteiger partial charge in [0, 0.05) is 41.4 Å². The molecule has 0 fully saturated rings. The topological polar surface area (TPSA) is 15.7 Å². The van der Waals surface area contributed by atoms with Crippen LogP contribution in [0.1, 0.15) is 408 Å². The monoisotopic (exact) mass is 1780 g/mol. The Morgan fingerprint density at radius 2 is 0.431 bits per heavy atom. The SMILES string of the molecule is CC(C)C(C)(C)c1ccccc1C(C)(C)C(C)C.CC(C)CCCC(C)C.CC(C)CCOC(C)C.CC(C)Cc1ccccc1C(C)(C)C(C)C.CC(C)Cc1ccccc1C(C)(C)C(C)C.CC(C)Cc1ccccc1CC(C)C.Cc1cccc(C)c1N(c1ccccc1C(C)(C)C(C)C)C(C)C.Cc1cccc(C)c1N(c1ccccc1C(C)(C)C(C)C)C(C)C. The minimum atomic E-state index is 0.125. The van der Waals surface area contributed by atoms with Gasteiger partial charge < -0.3 is 14.5 Å². The van der Waals surface area contributed by atoms with E-state index in [1.165, 1.54) is 152 Å². The summed E-state index contributed by atoms with van der Waals surface area (Å²) in [7, 11) is 0. The summed E-state index contributed by atoms with van der Waals surface area (Å²) in [4.78, 5) is 5.04. The predicted octanol–water partition coefficient (Wildman–Crippen LogP) is 38.8. The van der Waals surface area contributed by atoms with Gasteiger partial charge in [-0.25, -0.2) is 0 Å². The number of para-hydroxylation sites is 4. The molecule has 0 radical (unpaired) electrons. The van der Waals surface area contributed by atoms with E-state index in [-0.39, 0.29) is 32.5 Å². The van der Waals surface area contributed by atoms with Gasteiger partial charge in [-0.05, 0) is 301 Å². The van der Waals surface area contributed by atoms with Crippen LogP contribution in [0.2, 0.25) is 0 Å². The highest BCUT2D eigenvalue weighted by Gasteiger charge is 2.36. The first-order chi connectivity index (χ1) is 60.0. The molecule has 0 aliphatic carbocycles. The summed E-state index contributed by atoms with van der Waals surface area (Å²) in [6.07, 6.45) is 10.6. The summed E-state index contributed by atoms with van der Waals surface area (Å²) in [6, 6.07) is 67.5. The Bertz CT molecular complexity index is 4050. The number of hydrogen-bond donors (Lipinski definition) is 0. The van der Waals surface area contributed by atoms with E-state index in [0.717, 1.165) is 48.0 Å². The first kappa shape index (κ1) is 121. The minimum Gasteiger partial charge on any atom is -0.379 e. The highest BCUT2D eigenvalue weighted by molar-refractivity contribution is 5.75. The molecule has 0 atom stereocenters. The van der Waals surface area contributed by atoms with Crippen molar-refractivity contribution in [3.63, 3.8) is 0 Å². The molecule has 0 saturated carbocycles. The molecule has 8 rings (SSSR count). The van der Waals surface area contributed by atoms with Crippen LogP contribution in [0, 0.1) is 105 Å².